The van der Waals surface area contributed by atoms with E-state index in [0.717, 1.165) is 28.0 Å². The van der Waals surface area contributed by atoms with Crippen molar-refractivity contribution in [3.8, 4) is 0 Å². The molecule has 2 aliphatic rings. The van der Waals surface area contributed by atoms with Crippen molar-refractivity contribution in [2.45, 2.75) is 38.0 Å². The van der Waals surface area contributed by atoms with Crippen molar-refractivity contribution in [2.24, 2.45) is 0 Å². The minimum absolute atomic E-state index is 0.00650. The Bertz CT molecular complexity index is 914. The number of amides is 1. The normalized spacial score (nSPS) is 22.8. The molecule has 4 rings (SSSR count). The summed E-state index contributed by atoms with van der Waals surface area (Å²) < 4.78 is 0. The van der Waals surface area contributed by atoms with Crippen LogP contribution in [0, 0.1) is 6.92 Å². The van der Waals surface area contributed by atoms with Gasteiger partial charge in [0.15, 0.2) is 5.78 Å². The van der Waals surface area contributed by atoms with Crippen LogP contribution in [0.3, 0.4) is 0 Å². The molecule has 2 atom stereocenters. The lowest BCUT2D eigenvalue weighted by Gasteiger charge is -2.34. The maximum absolute atomic E-state index is 13.0. The minimum Gasteiger partial charge on any atom is -0.329 e. The van der Waals surface area contributed by atoms with E-state index < -0.39 is 0 Å². The van der Waals surface area contributed by atoms with E-state index >= 15 is 0 Å². The highest BCUT2D eigenvalue weighted by molar-refractivity contribution is 6.31. The van der Waals surface area contributed by atoms with Crippen LogP contribution in [0.15, 0.2) is 59.8 Å². The topological polar surface area (TPSA) is 46.2 Å². The van der Waals surface area contributed by atoms with E-state index in [1.54, 1.807) is 0 Å². The van der Waals surface area contributed by atoms with Crippen molar-refractivity contribution in [1.29, 1.82) is 0 Å². The number of carbonyl (C=O) groups is 2. The number of aryl methyl sites for hydroxylation is 1. The second kappa shape index (κ2) is 6.73. The van der Waals surface area contributed by atoms with E-state index in [1.165, 1.54) is 0 Å². The molecule has 0 saturated carbocycles. The standard InChI is InChI=1S/C22H20ClNO2/c1-13-6-8-14(9-7-13)17-12-21(26)24-19-10-15(11-20(25)22(17)19)16-4-2-3-5-18(16)23/h2-9,15,17H,10-12H2,1H3,(H,24,26)/t15-,17+/m0/s1. The van der Waals surface area contributed by atoms with Crippen molar-refractivity contribution in [1.82, 2.24) is 5.32 Å². The number of nitrogens with one attached hydrogen (secondary N) is 1. The van der Waals surface area contributed by atoms with Gasteiger partial charge in [0, 0.05) is 35.1 Å². The fourth-order valence-electron chi connectivity index (χ4n) is 4.07. The SMILES string of the molecule is Cc1ccc([C@H]2CC(=O)NC3=C2C(=O)C[C@@H](c2ccccc2Cl)C3)cc1. The lowest BCUT2D eigenvalue weighted by atomic mass is 9.73. The van der Waals surface area contributed by atoms with Gasteiger partial charge in [-0.2, -0.15) is 0 Å². The molecule has 2 aromatic carbocycles. The van der Waals surface area contributed by atoms with E-state index in [0.29, 0.717) is 24.3 Å². The quantitative estimate of drug-likeness (QED) is 0.841. The van der Waals surface area contributed by atoms with Gasteiger partial charge in [-0.1, -0.05) is 59.6 Å². The van der Waals surface area contributed by atoms with Gasteiger partial charge in [-0.15, -0.1) is 0 Å². The summed E-state index contributed by atoms with van der Waals surface area (Å²) in [6.07, 6.45) is 1.39. The Labute approximate surface area is 158 Å². The minimum atomic E-state index is -0.154. The molecular formula is C22H20ClNO2. The number of carbonyl (C=O) groups excluding carboxylic acids is 2. The summed E-state index contributed by atoms with van der Waals surface area (Å²) in [7, 11) is 0. The summed E-state index contributed by atoms with van der Waals surface area (Å²) >= 11 is 6.33. The molecule has 1 heterocycles. The number of benzene rings is 2. The maximum atomic E-state index is 13.0. The van der Waals surface area contributed by atoms with Gasteiger partial charge in [-0.05, 0) is 36.5 Å². The lowest BCUT2D eigenvalue weighted by molar-refractivity contribution is -0.122. The van der Waals surface area contributed by atoms with E-state index in [2.05, 4.69) is 5.32 Å². The number of ketones is 1. The summed E-state index contributed by atoms with van der Waals surface area (Å²) in [5, 5.41) is 3.63. The van der Waals surface area contributed by atoms with Crippen LogP contribution in [0.25, 0.3) is 0 Å². The number of allylic oxidation sites excluding steroid dienone is 2. The molecule has 132 valence electrons. The predicted octanol–water partition coefficient (Wildman–Crippen LogP) is 4.65. The Morgan fingerprint density at radius 3 is 2.42 bits per heavy atom. The Morgan fingerprint density at radius 2 is 1.69 bits per heavy atom. The monoisotopic (exact) mass is 365 g/mol. The highest BCUT2D eigenvalue weighted by atomic mass is 35.5. The molecule has 1 aliphatic heterocycles. The van der Waals surface area contributed by atoms with E-state index in [-0.39, 0.29) is 23.5 Å². The number of Topliss-reactive ketones (excluding diaryl/α,β-unsaturated/α-hetero) is 1. The zero-order valence-corrected chi connectivity index (χ0v) is 15.3. The molecule has 3 nitrogen and oxygen atoms in total. The van der Waals surface area contributed by atoms with Crippen LogP contribution >= 0.6 is 11.6 Å². The summed E-state index contributed by atoms with van der Waals surface area (Å²) in [6, 6.07) is 15.7. The molecule has 0 spiro atoms. The fourth-order valence-corrected chi connectivity index (χ4v) is 4.36. The van der Waals surface area contributed by atoms with Gasteiger partial charge < -0.3 is 5.32 Å². The van der Waals surface area contributed by atoms with Gasteiger partial charge >= 0.3 is 0 Å². The highest BCUT2D eigenvalue weighted by Crippen LogP contribution is 2.43. The second-order valence-electron chi connectivity index (χ2n) is 7.16. The third-order valence-corrected chi connectivity index (χ3v) is 5.71. The molecule has 0 fully saturated rings. The predicted molar refractivity (Wildman–Crippen MR) is 102 cm³/mol. The van der Waals surface area contributed by atoms with Crippen LogP contribution in [0.2, 0.25) is 5.02 Å². The molecule has 1 amide bonds. The number of hydrogen-bond donors (Lipinski definition) is 1. The Morgan fingerprint density at radius 1 is 0.962 bits per heavy atom. The molecule has 0 bridgehead atoms. The van der Waals surface area contributed by atoms with Gasteiger partial charge in [0.05, 0.1) is 0 Å². The van der Waals surface area contributed by atoms with E-state index in [9.17, 15) is 9.59 Å². The fraction of sp³-hybridized carbons (Fsp3) is 0.273. The van der Waals surface area contributed by atoms with Crippen LogP contribution in [-0.4, -0.2) is 11.7 Å². The van der Waals surface area contributed by atoms with Gasteiger partial charge in [0.25, 0.3) is 0 Å². The Balaban J connectivity index is 1.73. The average molecular weight is 366 g/mol. The molecule has 0 aromatic heterocycles. The third-order valence-electron chi connectivity index (χ3n) is 5.36. The van der Waals surface area contributed by atoms with Crippen LogP contribution in [0.5, 0.6) is 0 Å². The molecule has 26 heavy (non-hydrogen) atoms. The lowest BCUT2D eigenvalue weighted by Crippen LogP contribution is -2.38. The molecular weight excluding hydrogens is 346 g/mol. The smallest absolute Gasteiger partial charge is 0.225 e. The molecule has 0 saturated heterocycles. The number of halogens is 1. The van der Waals surface area contributed by atoms with Crippen molar-refractivity contribution in [3.63, 3.8) is 0 Å². The molecule has 1 aliphatic carbocycles. The van der Waals surface area contributed by atoms with E-state index in [4.69, 9.17) is 11.6 Å². The Hall–Kier alpha value is -2.39. The maximum Gasteiger partial charge on any atom is 0.225 e. The molecule has 4 heteroatoms. The molecule has 2 aromatic rings. The third kappa shape index (κ3) is 3.08. The number of hydrogen-bond acceptors (Lipinski definition) is 2. The summed E-state index contributed by atoms with van der Waals surface area (Å²) in [5.74, 6) is -0.0604. The molecule has 0 unspecified atom stereocenters. The van der Waals surface area contributed by atoms with Crippen molar-refractivity contribution < 1.29 is 9.59 Å². The second-order valence-corrected chi connectivity index (χ2v) is 7.56. The van der Waals surface area contributed by atoms with Gasteiger partial charge in [0.2, 0.25) is 5.91 Å². The van der Waals surface area contributed by atoms with Crippen LogP contribution in [-0.2, 0) is 9.59 Å². The first kappa shape index (κ1) is 17.0. The van der Waals surface area contributed by atoms with E-state index in [1.807, 2.05) is 55.5 Å². The molecule has 1 N–H and O–H groups in total. The first-order valence-electron chi connectivity index (χ1n) is 8.90. The van der Waals surface area contributed by atoms with Crippen LogP contribution < -0.4 is 5.32 Å². The zero-order valence-electron chi connectivity index (χ0n) is 14.6. The summed E-state index contributed by atoms with van der Waals surface area (Å²) in [6.45, 7) is 2.03. The zero-order chi connectivity index (χ0) is 18.3. The number of rotatable bonds is 2. The highest BCUT2D eigenvalue weighted by Gasteiger charge is 2.38. The van der Waals surface area contributed by atoms with Crippen LogP contribution in [0.4, 0.5) is 0 Å². The van der Waals surface area contributed by atoms with Gasteiger partial charge in [-0.3, -0.25) is 9.59 Å². The average Bonchev–Trinajstić information content (AvgIpc) is 2.61. The van der Waals surface area contributed by atoms with Gasteiger partial charge in [-0.25, -0.2) is 0 Å². The Kier molecular flexibility index (Phi) is 4.41. The summed E-state index contributed by atoms with van der Waals surface area (Å²) in [4.78, 5) is 25.3. The van der Waals surface area contributed by atoms with Crippen molar-refractivity contribution >= 4 is 23.3 Å². The van der Waals surface area contributed by atoms with Crippen LogP contribution in [0.1, 0.15) is 47.8 Å². The first-order chi connectivity index (χ1) is 12.5. The van der Waals surface area contributed by atoms with Gasteiger partial charge in [0.1, 0.15) is 0 Å². The molecule has 0 radical (unpaired) electrons. The first-order valence-corrected chi connectivity index (χ1v) is 9.28. The van der Waals surface area contributed by atoms with Crippen molar-refractivity contribution in [2.75, 3.05) is 0 Å². The largest absolute Gasteiger partial charge is 0.329 e. The summed E-state index contributed by atoms with van der Waals surface area (Å²) in [5.41, 5.74) is 4.71. The van der Waals surface area contributed by atoms with Crippen molar-refractivity contribution in [3.05, 3.63) is 81.5 Å².